The van der Waals surface area contributed by atoms with Gasteiger partial charge in [0.15, 0.2) is 5.82 Å². The minimum Gasteiger partial charge on any atom is -0.462 e. The summed E-state index contributed by atoms with van der Waals surface area (Å²) in [6.45, 7) is 3.97. The molecule has 0 aromatic carbocycles. The van der Waals surface area contributed by atoms with Gasteiger partial charge in [-0.1, -0.05) is 12.1 Å². The lowest BCUT2D eigenvalue weighted by atomic mass is 10.1. The van der Waals surface area contributed by atoms with Gasteiger partial charge < -0.3 is 15.0 Å². The highest BCUT2D eigenvalue weighted by Gasteiger charge is 2.17. The van der Waals surface area contributed by atoms with Crippen LogP contribution in [-0.4, -0.2) is 22.7 Å². The highest BCUT2D eigenvalue weighted by atomic mass is 16.5. The number of hydrogen-bond acceptors (Lipinski definition) is 6. The van der Waals surface area contributed by atoms with Crippen LogP contribution >= 0.6 is 0 Å². The molecule has 6 heteroatoms. The second-order valence-corrected chi connectivity index (χ2v) is 3.48. The van der Waals surface area contributed by atoms with Crippen LogP contribution in [0.3, 0.4) is 0 Å². The van der Waals surface area contributed by atoms with Crippen LogP contribution in [0.15, 0.2) is 10.6 Å². The Morgan fingerprint density at radius 2 is 2.29 bits per heavy atom. The van der Waals surface area contributed by atoms with Crippen LogP contribution in [0, 0.1) is 0 Å². The Morgan fingerprint density at radius 1 is 1.53 bits per heavy atom. The van der Waals surface area contributed by atoms with Crippen molar-refractivity contribution in [2.75, 3.05) is 12.3 Å². The summed E-state index contributed by atoms with van der Waals surface area (Å²) in [5.41, 5.74) is 6.99. The number of hydrogen-bond donors (Lipinski definition) is 1. The minimum atomic E-state index is -0.403. The number of carbonyl (C=O) groups is 1. The average Bonchev–Trinajstić information content (AvgIpc) is 2.69. The van der Waals surface area contributed by atoms with Gasteiger partial charge in [0.05, 0.1) is 23.3 Å². The number of aryl methyl sites for hydroxylation is 1. The summed E-state index contributed by atoms with van der Waals surface area (Å²) in [7, 11) is 0. The average molecular weight is 235 g/mol. The summed E-state index contributed by atoms with van der Waals surface area (Å²) in [5, 5.41) is 4.14. The van der Waals surface area contributed by atoms with E-state index in [9.17, 15) is 4.79 Å². The van der Waals surface area contributed by atoms with Gasteiger partial charge in [-0.15, -0.1) is 0 Å². The maximum Gasteiger partial charge on any atom is 0.340 e. The third-order valence-electron chi connectivity index (χ3n) is 2.40. The fraction of sp³-hybridized carbons (Fsp3) is 0.364. The van der Waals surface area contributed by atoms with Crippen molar-refractivity contribution >= 4 is 22.9 Å². The van der Waals surface area contributed by atoms with Gasteiger partial charge in [0.1, 0.15) is 0 Å². The molecular formula is C11H13N3O3. The van der Waals surface area contributed by atoms with E-state index >= 15 is 0 Å². The van der Waals surface area contributed by atoms with Gasteiger partial charge in [-0.2, -0.15) is 0 Å². The van der Waals surface area contributed by atoms with Gasteiger partial charge in [0, 0.05) is 0 Å². The van der Waals surface area contributed by atoms with Gasteiger partial charge in [0.2, 0.25) is 0 Å². The first-order chi connectivity index (χ1) is 8.17. The number of pyridine rings is 1. The van der Waals surface area contributed by atoms with E-state index in [1.807, 2.05) is 6.92 Å². The van der Waals surface area contributed by atoms with Crippen molar-refractivity contribution in [3.05, 3.63) is 17.3 Å². The summed E-state index contributed by atoms with van der Waals surface area (Å²) in [4.78, 5) is 16.0. The summed E-state index contributed by atoms with van der Waals surface area (Å²) < 4.78 is 9.91. The monoisotopic (exact) mass is 235 g/mol. The second kappa shape index (κ2) is 4.40. The number of anilines is 1. The molecule has 0 aliphatic rings. The molecule has 0 aliphatic carbocycles. The van der Waals surface area contributed by atoms with Crippen molar-refractivity contribution in [1.29, 1.82) is 0 Å². The number of aromatic nitrogens is 2. The zero-order valence-electron chi connectivity index (χ0n) is 9.69. The third-order valence-corrected chi connectivity index (χ3v) is 2.40. The largest absolute Gasteiger partial charge is 0.462 e. The minimum absolute atomic E-state index is 0.223. The molecule has 2 aromatic heterocycles. The fourth-order valence-corrected chi connectivity index (χ4v) is 1.58. The van der Waals surface area contributed by atoms with E-state index in [2.05, 4.69) is 10.1 Å². The van der Waals surface area contributed by atoms with Crippen molar-refractivity contribution < 1.29 is 14.1 Å². The van der Waals surface area contributed by atoms with Crippen LogP contribution in [0.4, 0.5) is 5.82 Å². The van der Waals surface area contributed by atoms with Gasteiger partial charge in [-0.3, -0.25) is 0 Å². The van der Waals surface area contributed by atoms with E-state index in [-0.39, 0.29) is 5.82 Å². The third kappa shape index (κ3) is 1.93. The molecular weight excluding hydrogens is 222 g/mol. The fourth-order valence-electron chi connectivity index (χ4n) is 1.58. The van der Waals surface area contributed by atoms with Gasteiger partial charge >= 0.3 is 5.97 Å². The lowest BCUT2D eigenvalue weighted by Gasteiger charge is -2.05. The van der Waals surface area contributed by atoms with Crippen molar-refractivity contribution in [2.24, 2.45) is 0 Å². The molecule has 0 fully saturated rings. The Labute approximate surface area is 97.7 Å². The molecule has 0 atom stereocenters. The Morgan fingerprint density at radius 3 is 2.94 bits per heavy atom. The number of esters is 1. The molecule has 0 radical (unpaired) electrons. The summed E-state index contributed by atoms with van der Waals surface area (Å²) in [6, 6.07) is 1.62. The number of nitrogens with zero attached hydrogens (tertiary/aromatic N) is 2. The van der Waals surface area contributed by atoms with Crippen LogP contribution in [0.2, 0.25) is 0 Å². The maximum absolute atomic E-state index is 11.7. The van der Waals surface area contributed by atoms with E-state index < -0.39 is 5.97 Å². The molecule has 6 nitrogen and oxygen atoms in total. The molecule has 0 aliphatic heterocycles. The van der Waals surface area contributed by atoms with E-state index in [0.717, 1.165) is 0 Å². The number of nitrogens with two attached hydrogens (primary N) is 1. The molecule has 2 rings (SSSR count). The van der Waals surface area contributed by atoms with E-state index in [1.54, 1.807) is 13.0 Å². The lowest BCUT2D eigenvalue weighted by Crippen LogP contribution is -2.09. The quantitative estimate of drug-likeness (QED) is 0.811. The predicted octanol–water partition coefficient (Wildman–Crippen LogP) is 1.54. The van der Waals surface area contributed by atoms with Crippen LogP contribution in [0.1, 0.15) is 29.9 Å². The van der Waals surface area contributed by atoms with Gasteiger partial charge in [-0.25, -0.2) is 9.78 Å². The summed E-state index contributed by atoms with van der Waals surface area (Å²) in [6.07, 6.45) is 0.602. The van der Waals surface area contributed by atoms with E-state index in [4.69, 9.17) is 15.0 Å². The number of ether oxygens (including phenoxy) is 1. The molecule has 90 valence electrons. The standard InChI is InChI=1S/C11H13N3O3/c1-3-8-6(11(15)16-4-2)5-7-9(12)14-17-10(7)13-8/h5H,3-4H2,1-2H3,(H2,12,14). The molecule has 0 amide bonds. The number of carbonyl (C=O) groups excluding carboxylic acids is 1. The Hall–Kier alpha value is -2.11. The topological polar surface area (TPSA) is 91.2 Å². The first kappa shape index (κ1) is 11.4. The van der Waals surface area contributed by atoms with Crippen molar-refractivity contribution in [1.82, 2.24) is 10.1 Å². The molecule has 2 aromatic rings. The molecule has 2 N–H and O–H groups in total. The first-order valence-electron chi connectivity index (χ1n) is 5.39. The molecule has 2 heterocycles. The second-order valence-electron chi connectivity index (χ2n) is 3.48. The first-order valence-corrected chi connectivity index (χ1v) is 5.39. The highest BCUT2D eigenvalue weighted by molar-refractivity contribution is 5.96. The highest BCUT2D eigenvalue weighted by Crippen LogP contribution is 2.22. The Kier molecular flexibility index (Phi) is 2.95. The summed E-state index contributed by atoms with van der Waals surface area (Å²) >= 11 is 0. The predicted molar refractivity (Wildman–Crippen MR) is 61.6 cm³/mol. The normalized spacial score (nSPS) is 10.7. The van der Waals surface area contributed by atoms with Crippen molar-refractivity contribution in [3.63, 3.8) is 0 Å². The van der Waals surface area contributed by atoms with E-state index in [1.165, 1.54) is 0 Å². The zero-order valence-corrected chi connectivity index (χ0v) is 9.69. The lowest BCUT2D eigenvalue weighted by molar-refractivity contribution is 0.0525. The van der Waals surface area contributed by atoms with Gasteiger partial charge in [0.25, 0.3) is 5.71 Å². The van der Waals surface area contributed by atoms with E-state index in [0.29, 0.717) is 35.4 Å². The number of fused-ring (bicyclic) bond motifs is 1. The molecule has 0 saturated carbocycles. The van der Waals surface area contributed by atoms with Crippen molar-refractivity contribution in [2.45, 2.75) is 20.3 Å². The number of rotatable bonds is 3. The molecule has 0 unspecified atom stereocenters. The molecule has 17 heavy (non-hydrogen) atoms. The maximum atomic E-state index is 11.7. The molecule has 0 saturated heterocycles. The summed E-state index contributed by atoms with van der Waals surface area (Å²) in [5.74, 6) is -0.181. The van der Waals surface area contributed by atoms with Crippen LogP contribution < -0.4 is 5.73 Å². The van der Waals surface area contributed by atoms with Gasteiger partial charge in [-0.05, 0) is 19.4 Å². The Bertz CT molecular complexity index is 562. The molecule has 0 spiro atoms. The SMILES string of the molecule is CCOC(=O)c1cc2c(N)noc2nc1CC. The van der Waals surface area contributed by atoms with Crippen LogP contribution in [-0.2, 0) is 11.2 Å². The Balaban J connectivity index is 2.58. The number of nitrogen functional groups attached to an aromatic ring is 1. The molecule has 0 bridgehead atoms. The smallest absolute Gasteiger partial charge is 0.340 e. The van der Waals surface area contributed by atoms with Crippen LogP contribution in [0.25, 0.3) is 11.1 Å². The zero-order chi connectivity index (χ0) is 12.4. The van der Waals surface area contributed by atoms with Crippen molar-refractivity contribution in [3.8, 4) is 0 Å². The van der Waals surface area contributed by atoms with Crippen LogP contribution in [0.5, 0.6) is 0 Å².